The zero-order chi connectivity index (χ0) is 11.8. The Morgan fingerprint density at radius 1 is 1.29 bits per heavy atom. The maximum Gasteiger partial charge on any atom is 0.165 e. The van der Waals surface area contributed by atoms with Gasteiger partial charge in [-0.3, -0.25) is 0 Å². The molecular weight excluding hydrogens is 216 g/mol. The lowest BCUT2D eigenvalue weighted by atomic mass is 10.1. The molecule has 2 atom stereocenters. The van der Waals surface area contributed by atoms with Crippen molar-refractivity contribution in [1.82, 2.24) is 19.5 Å². The fourth-order valence-corrected chi connectivity index (χ4v) is 2.65. The Morgan fingerprint density at radius 3 is 2.94 bits per heavy atom. The first kappa shape index (κ1) is 10.5. The number of anilines is 1. The fraction of sp³-hybridized carbons (Fsp3) is 0.545. The molecule has 0 radical (unpaired) electrons. The van der Waals surface area contributed by atoms with Crippen LogP contribution in [-0.4, -0.2) is 26.1 Å². The van der Waals surface area contributed by atoms with Gasteiger partial charge in [-0.1, -0.05) is 0 Å². The molecule has 6 nitrogen and oxygen atoms in total. The molecule has 0 spiro atoms. The van der Waals surface area contributed by atoms with Gasteiger partial charge < -0.3 is 16.0 Å². The number of fused-ring (bicyclic) bond motifs is 1. The zero-order valence-corrected chi connectivity index (χ0v) is 9.58. The van der Waals surface area contributed by atoms with Crippen LogP contribution in [0.3, 0.4) is 0 Å². The summed E-state index contributed by atoms with van der Waals surface area (Å²) in [5, 5.41) is 0. The number of aromatic nitrogens is 4. The minimum atomic E-state index is 0.446. The second-order valence-electron chi connectivity index (χ2n) is 4.65. The van der Waals surface area contributed by atoms with Gasteiger partial charge in [0.15, 0.2) is 11.5 Å². The highest BCUT2D eigenvalue weighted by atomic mass is 15.1. The molecule has 90 valence electrons. The molecule has 0 amide bonds. The van der Waals surface area contributed by atoms with Gasteiger partial charge in [-0.15, -0.1) is 0 Å². The third-order valence-corrected chi connectivity index (χ3v) is 3.63. The highest BCUT2D eigenvalue weighted by molar-refractivity contribution is 5.81. The van der Waals surface area contributed by atoms with Crippen LogP contribution < -0.4 is 11.5 Å². The van der Waals surface area contributed by atoms with E-state index >= 15 is 0 Å². The lowest BCUT2D eigenvalue weighted by Crippen LogP contribution is -2.12. The van der Waals surface area contributed by atoms with Crippen LogP contribution in [-0.2, 0) is 0 Å². The standard InChI is InChI=1S/C11H16N6/c12-4-7-1-2-8(3-7)17-6-16-9-10(13)14-5-15-11(9)17/h5-8H,1-4,12H2,(H2,13,14,15). The molecule has 17 heavy (non-hydrogen) atoms. The second kappa shape index (κ2) is 3.96. The summed E-state index contributed by atoms with van der Waals surface area (Å²) < 4.78 is 2.11. The lowest BCUT2D eigenvalue weighted by Gasteiger charge is -2.12. The molecule has 0 aliphatic heterocycles. The Hall–Kier alpha value is -1.69. The number of nitrogens with two attached hydrogens (primary N) is 2. The molecular formula is C11H16N6. The first-order valence-corrected chi connectivity index (χ1v) is 5.92. The van der Waals surface area contributed by atoms with E-state index in [2.05, 4.69) is 19.5 Å². The Labute approximate surface area is 99.1 Å². The average Bonchev–Trinajstić information content (AvgIpc) is 2.94. The van der Waals surface area contributed by atoms with Crippen molar-refractivity contribution in [3.63, 3.8) is 0 Å². The van der Waals surface area contributed by atoms with E-state index in [0.717, 1.165) is 25.0 Å². The second-order valence-corrected chi connectivity index (χ2v) is 4.65. The van der Waals surface area contributed by atoms with Crippen LogP contribution in [0.15, 0.2) is 12.7 Å². The highest BCUT2D eigenvalue weighted by Gasteiger charge is 2.26. The van der Waals surface area contributed by atoms with Gasteiger partial charge in [-0.25, -0.2) is 15.0 Å². The fourth-order valence-electron chi connectivity index (χ4n) is 2.65. The van der Waals surface area contributed by atoms with Gasteiger partial charge in [0.25, 0.3) is 0 Å². The summed E-state index contributed by atoms with van der Waals surface area (Å²) in [4.78, 5) is 12.5. The Bertz CT molecular complexity index is 534. The van der Waals surface area contributed by atoms with Gasteiger partial charge >= 0.3 is 0 Å². The van der Waals surface area contributed by atoms with Crippen LogP contribution in [0.2, 0.25) is 0 Å². The number of imidazole rings is 1. The summed E-state index contributed by atoms with van der Waals surface area (Å²) in [7, 11) is 0. The minimum absolute atomic E-state index is 0.446. The molecule has 6 heteroatoms. The Kier molecular flexibility index (Phi) is 2.44. The summed E-state index contributed by atoms with van der Waals surface area (Å²) in [6.07, 6.45) is 6.73. The average molecular weight is 232 g/mol. The number of hydrogen-bond donors (Lipinski definition) is 2. The summed E-state index contributed by atoms with van der Waals surface area (Å²) in [5.41, 5.74) is 13.0. The van der Waals surface area contributed by atoms with Crippen molar-refractivity contribution in [3.05, 3.63) is 12.7 Å². The van der Waals surface area contributed by atoms with Crippen molar-refractivity contribution in [1.29, 1.82) is 0 Å². The van der Waals surface area contributed by atoms with E-state index in [4.69, 9.17) is 11.5 Å². The van der Waals surface area contributed by atoms with Gasteiger partial charge in [-0.2, -0.15) is 0 Å². The van der Waals surface area contributed by atoms with Gasteiger partial charge in [-0.05, 0) is 31.7 Å². The maximum absolute atomic E-state index is 5.77. The quantitative estimate of drug-likeness (QED) is 0.795. The van der Waals surface area contributed by atoms with Crippen molar-refractivity contribution in [2.45, 2.75) is 25.3 Å². The van der Waals surface area contributed by atoms with E-state index in [1.54, 1.807) is 0 Å². The molecule has 2 heterocycles. The maximum atomic E-state index is 5.77. The molecule has 4 N–H and O–H groups in total. The van der Waals surface area contributed by atoms with Crippen LogP contribution >= 0.6 is 0 Å². The third-order valence-electron chi connectivity index (χ3n) is 3.63. The number of rotatable bonds is 2. The minimum Gasteiger partial charge on any atom is -0.382 e. The molecule has 1 aliphatic carbocycles. The van der Waals surface area contributed by atoms with Gasteiger partial charge in [0, 0.05) is 6.04 Å². The van der Waals surface area contributed by atoms with Crippen LogP contribution in [0.25, 0.3) is 11.2 Å². The molecule has 1 saturated carbocycles. The van der Waals surface area contributed by atoms with Crippen LogP contribution in [0, 0.1) is 5.92 Å². The Balaban J connectivity index is 1.99. The molecule has 0 aromatic carbocycles. The molecule has 0 bridgehead atoms. The number of nitrogens with zero attached hydrogens (tertiary/aromatic N) is 4. The summed E-state index contributed by atoms with van der Waals surface area (Å²) >= 11 is 0. The summed E-state index contributed by atoms with van der Waals surface area (Å²) in [5.74, 6) is 1.07. The lowest BCUT2D eigenvalue weighted by molar-refractivity contribution is 0.488. The van der Waals surface area contributed by atoms with Crippen molar-refractivity contribution in [2.75, 3.05) is 12.3 Å². The molecule has 3 rings (SSSR count). The smallest absolute Gasteiger partial charge is 0.165 e. The zero-order valence-electron chi connectivity index (χ0n) is 9.58. The van der Waals surface area contributed by atoms with Crippen molar-refractivity contribution < 1.29 is 0 Å². The van der Waals surface area contributed by atoms with Crippen LogP contribution in [0.1, 0.15) is 25.3 Å². The normalized spacial score (nSPS) is 24.5. The molecule has 2 unspecified atom stereocenters. The topological polar surface area (TPSA) is 95.6 Å². The summed E-state index contributed by atoms with van der Waals surface area (Å²) in [6, 6.07) is 0.447. The highest BCUT2D eigenvalue weighted by Crippen LogP contribution is 2.35. The van der Waals surface area contributed by atoms with Gasteiger partial charge in [0.2, 0.25) is 0 Å². The van der Waals surface area contributed by atoms with E-state index in [0.29, 0.717) is 23.3 Å². The monoisotopic (exact) mass is 232 g/mol. The van der Waals surface area contributed by atoms with E-state index in [1.165, 1.54) is 12.7 Å². The molecule has 1 aliphatic rings. The predicted octanol–water partition coefficient (Wildman–Crippen LogP) is 0.708. The predicted molar refractivity (Wildman–Crippen MR) is 65.2 cm³/mol. The van der Waals surface area contributed by atoms with E-state index < -0.39 is 0 Å². The van der Waals surface area contributed by atoms with E-state index in [-0.39, 0.29) is 0 Å². The third kappa shape index (κ3) is 1.64. The summed E-state index contributed by atoms with van der Waals surface area (Å²) in [6.45, 7) is 0.764. The van der Waals surface area contributed by atoms with Crippen molar-refractivity contribution >= 4 is 17.0 Å². The molecule has 2 aromatic heterocycles. The van der Waals surface area contributed by atoms with E-state index in [1.807, 2.05) is 6.33 Å². The van der Waals surface area contributed by atoms with Gasteiger partial charge in [0.1, 0.15) is 11.8 Å². The first-order valence-electron chi connectivity index (χ1n) is 5.92. The van der Waals surface area contributed by atoms with Crippen molar-refractivity contribution in [2.24, 2.45) is 11.7 Å². The number of nitrogen functional groups attached to an aromatic ring is 1. The molecule has 1 fully saturated rings. The number of hydrogen-bond acceptors (Lipinski definition) is 5. The first-order chi connectivity index (χ1) is 8.29. The van der Waals surface area contributed by atoms with Crippen LogP contribution in [0.5, 0.6) is 0 Å². The largest absolute Gasteiger partial charge is 0.382 e. The molecule has 0 saturated heterocycles. The molecule has 2 aromatic rings. The van der Waals surface area contributed by atoms with E-state index in [9.17, 15) is 0 Å². The van der Waals surface area contributed by atoms with Crippen LogP contribution in [0.4, 0.5) is 5.82 Å². The SMILES string of the molecule is NCC1CCC(n2cnc3c(N)ncnc32)C1. The van der Waals surface area contributed by atoms with Crippen molar-refractivity contribution in [3.8, 4) is 0 Å². The van der Waals surface area contributed by atoms with Gasteiger partial charge in [0.05, 0.1) is 6.33 Å². The Morgan fingerprint density at radius 2 is 2.18 bits per heavy atom.